The SMILES string of the molecule is Cc1ccc(CN2CCC(C)(C)C(O)C2)cc1. The van der Waals surface area contributed by atoms with E-state index >= 15 is 0 Å². The minimum Gasteiger partial charge on any atom is -0.391 e. The third kappa shape index (κ3) is 3.08. The van der Waals surface area contributed by atoms with E-state index in [1.165, 1.54) is 11.1 Å². The summed E-state index contributed by atoms with van der Waals surface area (Å²) in [5.74, 6) is 0. The van der Waals surface area contributed by atoms with Gasteiger partial charge in [-0.1, -0.05) is 43.7 Å². The number of likely N-dealkylation sites (tertiary alicyclic amines) is 1. The Morgan fingerprint density at radius 2 is 1.94 bits per heavy atom. The van der Waals surface area contributed by atoms with Crippen LogP contribution in [-0.2, 0) is 6.54 Å². The van der Waals surface area contributed by atoms with Crippen LogP contribution in [0.15, 0.2) is 24.3 Å². The molecule has 1 unspecified atom stereocenters. The third-order valence-corrected chi connectivity index (χ3v) is 3.93. The lowest BCUT2D eigenvalue weighted by atomic mass is 9.80. The lowest BCUT2D eigenvalue weighted by Crippen LogP contribution is -2.47. The van der Waals surface area contributed by atoms with Gasteiger partial charge in [-0.3, -0.25) is 4.90 Å². The molecule has 0 bridgehead atoms. The maximum atomic E-state index is 10.1. The van der Waals surface area contributed by atoms with Gasteiger partial charge in [-0.05, 0) is 30.9 Å². The molecule has 0 saturated carbocycles. The summed E-state index contributed by atoms with van der Waals surface area (Å²) in [4.78, 5) is 2.35. The van der Waals surface area contributed by atoms with Gasteiger partial charge in [0.05, 0.1) is 6.10 Å². The van der Waals surface area contributed by atoms with Crippen molar-refractivity contribution in [2.45, 2.75) is 39.8 Å². The number of hydrogen-bond acceptors (Lipinski definition) is 2. The van der Waals surface area contributed by atoms with Crippen molar-refractivity contribution in [3.05, 3.63) is 35.4 Å². The second kappa shape index (κ2) is 4.79. The maximum Gasteiger partial charge on any atom is 0.0718 e. The summed E-state index contributed by atoms with van der Waals surface area (Å²) in [6.45, 7) is 9.24. The van der Waals surface area contributed by atoms with E-state index in [0.29, 0.717) is 0 Å². The molecule has 1 fully saturated rings. The zero-order chi connectivity index (χ0) is 12.5. The molecule has 2 rings (SSSR count). The highest BCUT2D eigenvalue weighted by Crippen LogP contribution is 2.30. The minimum atomic E-state index is -0.207. The second-order valence-electron chi connectivity index (χ2n) is 5.98. The summed E-state index contributed by atoms with van der Waals surface area (Å²) in [7, 11) is 0. The first kappa shape index (κ1) is 12.6. The summed E-state index contributed by atoms with van der Waals surface area (Å²) in [6, 6.07) is 8.67. The van der Waals surface area contributed by atoms with Gasteiger partial charge in [0.2, 0.25) is 0 Å². The van der Waals surface area contributed by atoms with Crippen LogP contribution in [0, 0.1) is 12.3 Å². The van der Waals surface area contributed by atoms with Gasteiger partial charge in [0, 0.05) is 13.1 Å². The number of aliphatic hydroxyl groups excluding tert-OH is 1. The summed E-state index contributed by atoms with van der Waals surface area (Å²) < 4.78 is 0. The molecule has 1 aliphatic rings. The van der Waals surface area contributed by atoms with Gasteiger partial charge in [0.25, 0.3) is 0 Å². The molecule has 1 aromatic rings. The molecule has 94 valence electrons. The van der Waals surface area contributed by atoms with E-state index in [4.69, 9.17) is 0 Å². The number of hydrogen-bond donors (Lipinski definition) is 1. The molecule has 17 heavy (non-hydrogen) atoms. The fraction of sp³-hybridized carbons (Fsp3) is 0.600. The Labute approximate surface area is 104 Å². The Bertz CT molecular complexity index is 369. The molecule has 2 heteroatoms. The standard InChI is InChI=1S/C15H23NO/c1-12-4-6-13(7-5-12)10-16-9-8-15(2,3)14(17)11-16/h4-7,14,17H,8-11H2,1-3H3. The van der Waals surface area contributed by atoms with Crippen LogP contribution < -0.4 is 0 Å². The van der Waals surface area contributed by atoms with Crippen LogP contribution in [0.4, 0.5) is 0 Å². The van der Waals surface area contributed by atoms with Crippen molar-refractivity contribution in [3.63, 3.8) is 0 Å². The molecule has 1 heterocycles. The number of aliphatic hydroxyl groups is 1. The maximum absolute atomic E-state index is 10.1. The molecule has 1 saturated heterocycles. The molecule has 0 aromatic heterocycles. The molecular weight excluding hydrogens is 210 g/mol. The molecule has 0 amide bonds. The monoisotopic (exact) mass is 233 g/mol. The minimum absolute atomic E-state index is 0.0732. The largest absolute Gasteiger partial charge is 0.391 e. The number of piperidine rings is 1. The van der Waals surface area contributed by atoms with Crippen LogP contribution in [0.1, 0.15) is 31.4 Å². The lowest BCUT2D eigenvalue weighted by Gasteiger charge is -2.41. The summed E-state index contributed by atoms with van der Waals surface area (Å²) in [6.07, 6.45) is 0.863. The number of β-amino-alcohol motifs (C(OH)–C–C–N with tert-alkyl or cyclic N) is 1. The molecule has 0 aliphatic carbocycles. The van der Waals surface area contributed by atoms with E-state index < -0.39 is 0 Å². The average molecular weight is 233 g/mol. The molecule has 0 radical (unpaired) electrons. The fourth-order valence-electron chi connectivity index (χ4n) is 2.29. The van der Waals surface area contributed by atoms with E-state index in [1.54, 1.807) is 0 Å². The summed E-state index contributed by atoms with van der Waals surface area (Å²) in [5, 5.41) is 10.1. The first-order valence-corrected chi connectivity index (χ1v) is 6.43. The van der Waals surface area contributed by atoms with Gasteiger partial charge in [-0.15, -0.1) is 0 Å². The van der Waals surface area contributed by atoms with Gasteiger partial charge in [0.1, 0.15) is 0 Å². The van der Waals surface area contributed by atoms with Crippen molar-refractivity contribution in [3.8, 4) is 0 Å². The number of benzene rings is 1. The van der Waals surface area contributed by atoms with E-state index in [2.05, 4.69) is 49.9 Å². The van der Waals surface area contributed by atoms with Gasteiger partial charge in [0.15, 0.2) is 0 Å². The van der Waals surface area contributed by atoms with Crippen molar-refractivity contribution in [2.24, 2.45) is 5.41 Å². The van der Waals surface area contributed by atoms with E-state index in [-0.39, 0.29) is 11.5 Å². The van der Waals surface area contributed by atoms with Crippen molar-refractivity contribution in [1.29, 1.82) is 0 Å². The number of aryl methyl sites for hydroxylation is 1. The number of rotatable bonds is 2. The molecule has 1 atom stereocenters. The van der Waals surface area contributed by atoms with E-state index in [9.17, 15) is 5.11 Å². The van der Waals surface area contributed by atoms with Crippen LogP contribution in [0.25, 0.3) is 0 Å². The lowest BCUT2D eigenvalue weighted by molar-refractivity contribution is -0.0278. The van der Waals surface area contributed by atoms with Gasteiger partial charge < -0.3 is 5.11 Å². The first-order chi connectivity index (χ1) is 7.97. The fourth-order valence-corrected chi connectivity index (χ4v) is 2.29. The van der Waals surface area contributed by atoms with Crippen LogP contribution in [0.5, 0.6) is 0 Å². The number of nitrogens with zero attached hydrogens (tertiary/aromatic N) is 1. The molecule has 2 nitrogen and oxygen atoms in total. The highest BCUT2D eigenvalue weighted by molar-refractivity contribution is 5.21. The zero-order valence-electron chi connectivity index (χ0n) is 11.1. The molecular formula is C15H23NO. The molecule has 1 N–H and O–H groups in total. The van der Waals surface area contributed by atoms with Gasteiger partial charge >= 0.3 is 0 Å². The highest BCUT2D eigenvalue weighted by atomic mass is 16.3. The molecule has 0 spiro atoms. The quantitative estimate of drug-likeness (QED) is 0.848. The summed E-state index contributed by atoms with van der Waals surface area (Å²) in [5.41, 5.74) is 2.71. The van der Waals surface area contributed by atoms with Crippen molar-refractivity contribution >= 4 is 0 Å². The zero-order valence-corrected chi connectivity index (χ0v) is 11.1. The normalized spacial score (nSPS) is 24.8. The first-order valence-electron chi connectivity index (χ1n) is 6.43. The Morgan fingerprint density at radius 1 is 1.29 bits per heavy atom. The topological polar surface area (TPSA) is 23.5 Å². The van der Waals surface area contributed by atoms with Crippen LogP contribution >= 0.6 is 0 Å². The van der Waals surface area contributed by atoms with Crippen molar-refractivity contribution in [1.82, 2.24) is 4.90 Å². The Morgan fingerprint density at radius 3 is 2.53 bits per heavy atom. The average Bonchev–Trinajstić information content (AvgIpc) is 2.27. The molecule has 1 aromatic carbocycles. The third-order valence-electron chi connectivity index (χ3n) is 3.93. The van der Waals surface area contributed by atoms with E-state index in [1.807, 2.05) is 0 Å². The predicted octanol–water partition coefficient (Wildman–Crippen LogP) is 2.59. The Hall–Kier alpha value is -0.860. The van der Waals surface area contributed by atoms with Crippen molar-refractivity contribution < 1.29 is 5.11 Å². The Kier molecular flexibility index (Phi) is 3.55. The Balaban J connectivity index is 1.95. The van der Waals surface area contributed by atoms with Crippen LogP contribution in [0.3, 0.4) is 0 Å². The van der Waals surface area contributed by atoms with E-state index in [0.717, 1.165) is 26.1 Å². The van der Waals surface area contributed by atoms with Gasteiger partial charge in [-0.2, -0.15) is 0 Å². The summed E-state index contributed by atoms with van der Waals surface area (Å²) >= 11 is 0. The van der Waals surface area contributed by atoms with Crippen LogP contribution in [0.2, 0.25) is 0 Å². The van der Waals surface area contributed by atoms with Crippen LogP contribution in [-0.4, -0.2) is 29.2 Å². The predicted molar refractivity (Wildman–Crippen MR) is 70.9 cm³/mol. The molecule has 1 aliphatic heterocycles. The van der Waals surface area contributed by atoms with Crippen molar-refractivity contribution in [2.75, 3.05) is 13.1 Å². The van der Waals surface area contributed by atoms with Gasteiger partial charge in [-0.25, -0.2) is 0 Å². The second-order valence-corrected chi connectivity index (χ2v) is 5.98. The highest BCUT2D eigenvalue weighted by Gasteiger charge is 2.33. The smallest absolute Gasteiger partial charge is 0.0718 e.